The number of benzene rings is 1. The summed E-state index contributed by atoms with van der Waals surface area (Å²) in [5.74, 6) is 0. The van der Waals surface area contributed by atoms with Crippen LogP contribution in [-0.2, 0) is 6.61 Å². The molecule has 1 rings (SSSR count). The zero-order chi connectivity index (χ0) is 10.6. The fourth-order valence-corrected chi connectivity index (χ4v) is 2.79. The molecule has 0 aliphatic carbocycles. The van der Waals surface area contributed by atoms with E-state index in [0.29, 0.717) is 0 Å². The van der Waals surface area contributed by atoms with Gasteiger partial charge in [0.25, 0.3) is 0 Å². The fraction of sp³-hybridized carbons (Fsp3) is 0.455. The molecule has 0 aliphatic heterocycles. The number of hydrogen-bond acceptors (Lipinski definition) is 3. The third kappa shape index (κ3) is 4.40. The predicted molar refractivity (Wildman–Crippen MR) is 65.6 cm³/mol. The monoisotopic (exact) mass is 228 g/mol. The molecule has 1 N–H and O–H groups in total. The van der Waals surface area contributed by atoms with E-state index in [1.54, 1.807) is 10.8 Å². The SMILES string of the molecule is CC(C)(C)SSc1ccc(CO)cc1. The van der Waals surface area contributed by atoms with Gasteiger partial charge in [0, 0.05) is 9.64 Å². The van der Waals surface area contributed by atoms with E-state index < -0.39 is 0 Å². The first kappa shape index (κ1) is 12.0. The maximum Gasteiger partial charge on any atom is 0.0681 e. The van der Waals surface area contributed by atoms with Gasteiger partial charge >= 0.3 is 0 Å². The molecule has 0 unspecified atom stereocenters. The van der Waals surface area contributed by atoms with Crippen molar-refractivity contribution in [2.45, 2.75) is 37.0 Å². The predicted octanol–water partition coefficient (Wildman–Crippen LogP) is 3.72. The molecule has 3 heteroatoms. The Hall–Kier alpha value is -0.120. The summed E-state index contributed by atoms with van der Waals surface area (Å²) in [6, 6.07) is 8.03. The molecule has 0 bridgehead atoms. The van der Waals surface area contributed by atoms with Crippen LogP contribution in [0.3, 0.4) is 0 Å². The van der Waals surface area contributed by atoms with E-state index in [1.807, 2.05) is 22.9 Å². The molecule has 0 aliphatic rings. The van der Waals surface area contributed by atoms with Gasteiger partial charge in [-0.3, -0.25) is 0 Å². The van der Waals surface area contributed by atoms with Gasteiger partial charge in [-0.1, -0.05) is 54.5 Å². The fourth-order valence-electron chi connectivity index (χ4n) is 0.824. The van der Waals surface area contributed by atoms with Crippen molar-refractivity contribution < 1.29 is 5.11 Å². The Bertz CT molecular complexity index is 274. The van der Waals surface area contributed by atoms with Crippen LogP contribution in [0.25, 0.3) is 0 Å². The topological polar surface area (TPSA) is 20.2 Å². The van der Waals surface area contributed by atoms with Crippen LogP contribution in [0.15, 0.2) is 29.2 Å². The number of aliphatic hydroxyl groups is 1. The smallest absolute Gasteiger partial charge is 0.0681 e. The average molecular weight is 228 g/mol. The van der Waals surface area contributed by atoms with Gasteiger partial charge in [-0.05, 0) is 17.7 Å². The summed E-state index contributed by atoms with van der Waals surface area (Å²) < 4.78 is 0.278. The molecule has 0 saturated heterocycles. The average Bonchev–Trinajstić information content (AvgIpc) is 2.14. The molecule has 1 nitrogen and oxygen atoms in total. The van der Waals surface area contributed by atoms with E-state index in [0.717, 1.165) is 5.56 Å². The van der Waals surface area contributed by atoms with Crippen molar-refractivity contribution in [3.63, 3.8) is 0 Å². The number of aliphatic hydroxyl groups excluding tert-OH is 1. The maximum atomic E-state index is 8.88. The molecule has 1 aromatic rings. The summed E-state index contributed by atoms with van der Waals surface area (Å²) in [6.45, 7) is 6.73. The maximum absolute atomic E-state index is 8.88. The van der Waals surface area contributed by atoms with Crippen molar-refractivity contribution in [1.29, 1.82) is 0 Å². The van der Waals surface area contributed by atoms with Crippen molar-refractivity contribution in [2.24, 2.45) is 0 Å². The summed E-state index contributed by atoms with van der Waals surface area (Å²) in [4.78, 5) is 1.24. The lowest BCUT2D eigenvalue weighted by Gasteiger charge is -2.16. The van der Waals surface area contributed by atoms with Crippen LogP contribution in [-0.4, -0.2) is 9.85 Å². The van der Waals surface area contributed by atoms with Gasteiger partial charge in [0.1, 0.15) is 0 Å². The molecule has 0 amide bonds. The van der Waals surface area contributed by atoms with Crippen LogP contribution >= 0.6 is 21.6 Å². The van der Waals surface area contributed by atoms with E-state index in [-0.39, 0.29) is 11.4 Å². The Morgan fingerprint density at radius 1 is 1.14 bits per heavy atom. The van der Waals surface area contributed by atoms with E-state index in [4.69, 9.17) is 5.11 Å². The summed E-state index contributed by atoms with van der Waals surface area (Å²) in [7, 11) is 3.64. The summed E-state index contributed by atoms with van der Waals surface area (Å²) >= 11 is 0. The summed E-state index contributed by atoms with van der Waals surface area (Å²) in [6.07, 6.45) is 0. The van der Waals surface area contributed by atoms with Crippen molar-refractivity contribution in [3.8, 4) is 0 Å². The third-order valence-corrected chi connectivity index (χ3v) is 4.87. The quantitative estimate of drug-likeness (QED) is 0.796. The Morgan fingerprint density at radius 3 is 2.14 bits per heavy atom. The highest BCUT2D eigenvalue weighted by atomic mass is 33.1. The van der Waals surface area contributed by atoms with Crippen LogP contribution in [0.2, 0.25) is 0 Å². The first-order valence-electron chi connectivity index (χ1n) is 4.57. The van der Waals surface area contributed by atoms with Gasteiger partial charge in [-0.15, -0.1) is 0 Å². The van der Waals surface area contributed by atoms with Gasteiger partial charge in [0.15, 0.2) is 0 Å². The van der Waals surface area contributed by atoms with E-state index in [9.17, 15) is 0 Å². The van der Waals surface area contributed by atoms with Gasteiger partial charge in [-0.2, -0.15) is 0 Å². The molecule has 0 saturated carbocycles. The molecule has 0 aromatic heterocycles. The molecule has 14 heavy (non-hydrogen) atoms. The molecular formula is C11H16OS2. The van der Waals surface area contributed by atoms with Crippen LogP contribution in [0, 0.1) is 0 Å². The minimum absolute atomic E-state index is 0.122. The normalized spacial score (nSPS) is 11.7. The van der Waals surface area contributed by atoms with Gasteiger partial charge in [-0.25, -0.2) is 0 Å². The van der Waals surface area contributed by atoms with Crippen LogP contribution in [0.5, 0.6) is 0 Å². The second-order valence-corrected chi connectivity index (χ2v) is 7.11. The van der Waals surface area contributed by atoms with Crippen molar-refractivity contribution in [2.75, 3.05) is 0 Å². The number of rotatable bonds is 3. The highest BCUT2D eigenvalue weighted by molar-refractivity contribution is 8.77. The summed E-state index contributed by atoms with van der Waals surface area (Å²) in [5.41, 5.74) is 0.968. The Labute approximate surface area is 93.7 Å². The Morgan fingerprint density at radius 2 is 1.71 bits per heavy atom. The van der Waals surface area contributed by atoms with E-state index >= 15 is 0 Å². The van der Waals surface area contributed by atoms with Gasteiger partial charge < -0.3 is 5.11 Å². The minimum Gasteiger partial charge on any atom is -0.392 e. The van der Waals surface area contributed by atoms with Gasteiger partial charge in [0.05, 0.1) is 6.61 Å². The minimum atomic E-state index is 0.122. The highest BCUT2D eigenvalue weighted by Gasteiger charge is 2.11. The largest absolute Gasteiger partial charge is 0.392 e. The summed E-state index contributed by atoms with van der Waals surface area (Å²) in [5, 5.41) is 8.88. The zero-order valence-corrected chi connectivity index (χ0v) is 10.4. The molecule has 0 heterocycles. The molecule has 1 aromatic carbocycles. The molecular weight excluding hydrogens is 212 g/mol. The van der Waals surface area contributed by atoms with Crippen LogP contribution in [0.4, 0.5) is 0 Å². The molecule has 0 spiro atoms. The lowest BCUT2D eigenvalue weighted by Crippen LogP contribution is -2.04. The van der Waals surface area contributed by atoms with E-state index in [1.165, 1.54) is 4.90 Å². The van der Waals surface area contributed by atoms with Crippen molar-refractivity contribution >= 4 is 21.6 Å². The third-order valence-electron chi connectivity index (χ3n) is 1.49. The second kappa shape index (κ2) is 5.10. The van der Waals surface area contributed by atoms with Crippen LogP contribution in [0.1, 0.15) is 26.3 Å². The van der Waals surface area contributed by atoms with Crippen molar-refractivity contribution in [3.05, 3.63) is 29.8 Å². The van der Waals surface area contributed by atoms with E-state index in [2.05, 4.69) is 32.9 Å². The standard InChI is InChI=1S/C11H16OS2/c1-11(2,3)14-13-10-6-4-9(8-12)5-7-10/h4-7,12H,8H2,1-3H3. The highest BCUT2D eigenvalue weighted by Crippen LogP contribution is 2.40. The first-order valence-corrected chi connectivity index (χ1v) is 6.72. The molecule has 0 fully saturated rings. The molecule has 78 valence electrons. The lowest BCUT2D eigenvalue weighted by molar-refractivity contribution is 0.282. The van der Waals surface area contributed by atoms with Crippen LogP contribution < -0.4 is 0 Å². The first-order chi connectivity index (χ1) is 6.51. The second-order valence-electron chi connectivity index (χ2n) is 4.08. The Balaban J connectivity index is 2.52. The zero-order valence-electron chi connectivity index (χ0n) is 8.78. The molecule has 0 radical (unpaired) electrons. The number of hydrogen-bond donors (Lipinski definition) is 1. The lowest BCUT2D eigenvalue weighted by atomic mass is 10.2. The van der Waals surface area contributed by atoms with Crippen molar-refractivity contribution in [1.82, 2.24) is 0 Å². The molecule has 0 atom stereocenters. The van der Waals surface area contributed by atoms with Gasteiger partial charge in [0.2, 0.25) is 0 Å². The Kier molecular flexibility index (Phi) is 4.35.